The number of hydrogen-bond donors (Lipinski definition) is 2. The molecule has 0 bridgehead atoms. The lowest BCUT2D eigenvalue weighted by Crippen LogP contribution is -2.44. The van der Waals surface area contributed by atoms with Crippen molar-refractivity contribution in [1.82, 2.24) is 4.90 Å². The van der Waals surface area contributed by atoms with Crippen LogP contribution >= 0.6 is 0 Å². The summed E-state index contributed by atoms with van der Waals surface area (Å²) in [4.78, 5) is 25.3. The van der Waals surface area contributed by atoms with Gasteiger partial charge in [0.1, 0.15) is 0 Å². The average Bonchev–Trinajstić information content (AvgIpc) is 2.48. The van der Waals surface area contributed by atoms with E-state index >= 15 is 0 Å². The Hall–Kier alpha value is -2.24. The molecule has 3 amide bonds. The van der Waals surface area contributed by atoms with Gasteiger partial charge in [-0.25, -0.2) is 9.59 Å². The summed E-state index contributed by atoms with van der Waals surface area (Å²) in [6.45, 7) is 5.92. The highest BCUT2D eigenvalue weighted by atomic mass is 16.5. The van der Waals surface area contributed by atoms with E-state index in [1.807, 2.05) is 4.90 Å². The van der Waals surface area contributed by atoms with E-state index in [1.165, 1.54) is 7.11 Å². The van der Waals surface area contributed by atoms with Crippen molar-refractivity contribution >= 4 is 23.5 Å². The second-order valence-electron chi connectivity index (χ2n) is 5.98. The van der Waals surface area contributed by atoms with Crippen LogP contribution in [-0.4, -0.2) is 37.2 Å². The van der Waals surface area contributed by atoms with Gasteiger partial charge in [0.2, 0.25) is 0 Å². The van der Waals surface area contributed by atoms with Crippen molar-refractivity contribution in [3.8, 4) is 0 Å². The van der Waals surface area contributed by atoms with Gasteiger partial charge in [0, 0.05) is 24.5 Å². The SMILES string of the molecule is COC(=O)Nc1ccc(NC(=O)N2C[C@@H](C)C[C@H](C)C2)cc1. The summed E-state index contributed by atoms with van der Waals surface area (Å²) in [5.41, 5.74) is 1.32. The van der Waals surface area contributed by atoms with Crippen molar-refractivity contribution in [2.24, 2.45) is 11.8 Å². The van der Waals surface area contributed by atoms with Gasteiger partial charge in [-0.05, 0) is 42.5 Å². The predicted molar refractivity (Wildman–Crippen MR) is 86.0 cm³/mol. The molecule has 0 spiro atoms. The van der Waals surface area contributed by atoms with Gasteiger partial charge in [0.15, 0.2) is 0 Å². The molecular weight excluding hydrogens is 282 g/mol. The fourth-order valence-electron chi connectivity index (χ4n) is 2.84. The summed E-state index contributed by atoms with van der Waals surface area (Å²) < 4.78 is 4.52. The number of carbonyl (C=O) groups excluding carboxylic acids is 2. The Kier molecular flexibility index (Phi) is 5.25. The minimum Gasteiger partial charge on any atom is -0.453 e. The maximum atomic E-state index is 12.3. The third-order valence-corrected chi connectivity index (χ3v) is 3.72. The normalized spacial score (nSPS) is 21.1. The van der Waals surface area contributed by atoms with Gasteiger partial charge in [-0.15, -0.1) is 0 Å². The number of hydrogen-bond acceptors (Lipinski definition) is 3. The molecule has 1 fully saturated rings. The van der Waals surface area contributed by atoms with E-state index in [1.54, 1.807) is 24.3 Å². The van der Waals surface area contributed by atoms with Gasteiger partial charge in [0.05, 0.1) is 7.11 Å². The van der Waals surface area contributed by atoms with E-state index < -0.39 is 6.09 Å². The number of piperidine rings is 1. The largest absolute Gasteiger partial charge is 0.453 e. The first-order chi connectivity index (χ1) is 10.5. The number of benzene rings is 1. The highest BCUT2D eigenvalue weighted by Gasteiger charge is 2.25. The van der Waals surface area contributed by atoms with Gasteiger partial charge in [-0.1, -0.05) is 13.8 Å². The molecule has 22 heavy (non-hydrogen) atoms. The van der Waals surface area contributed by atoms with Crippen LogP contribution < -0.4 is 10.6 Å². The number of carbonyl (C=O) groups is 2. The molecule has 0 aromatic heterocycles. The molecule has 2 rings (SSSR count). The van der Waals surface area contributed by atoms with E-state index in [0.717, 1.165) is 19.5 Å². The molecule has 0 unspecified atom stereocenters. The Morgan fingerprint density at radius 2 is 1.55 bits per heavy atom. The standard InChI is InChI=1S/C16H23N3O3/c1-11-8-12(2)10-19(9-11)15(20)17-13-4-6-14(7-5-13)18-16(21)22-3/h4-7,11-12H,8-10H2,1-3H3,(H,17,20)(H,18,21)/t11-,12-/m0/s1. The summed E-state index contributed by atoms with van der Waals surface area (Å²) in [6.07, 6.45) is 0.644. The van der Waals surface area contributed by atoms with Crippen LogP contribution in [0.25, 0.3) is 0 Å². The van der Waals surface area contributed by atoms with Crippen molar-refractivity contribution in [2.45, 2.75) is 20.3 Å². The van der Waals surface area contributed by atoms with E-state index in [0.29, 0.717) is 23.2 Å². The zero-order valence-electron chi connectivity index (χ0n) is 13.3. The Balaban J connectivity index is 1.92. The minimum absolute atomic E-state index is 0.0768. The first-order valence-corrected chi connectivity index (χ1v) is 7.49. The molecule has 6 nitrogen and oxygen atoms in total. The molecule has 1 aliphatic rings. The van der Waals surface area contributed by atoms with Crippen LogP contribution in [0.3, 0.4) is 0 Å². The maximum absolute atomic E-state index is 12.3. The third kappa shape index (κ3) is 4.38. The van der Waals surface area contributed by atoms with Gasteiger partial charge in [-0.3, -0.25) is 5.32 Å². The topological polar surface area (TPSA) is 70.7 Å². The monoisotopic (exact) mass is 305 g/mol. The molecule has 0 radical (unpaired) electrons. The number of rotatable bonds is 2. The van der Waals surface area contributed by atoms with E-state index in [9.17, 15) is 9.59 Å². The molecular formula is C16H23N3O3. The van der Waals surface area contributed by atoms with Crippen molar-refractivity contribution in [1.29, 1.82) is 0 Å². The van der Waals surface area contributed by atoms with Crippen LogP contribution in [0.4, 0.5) is 21.0 Å². The van der Waals surface area contributed by atoms with Gasteiger partial charge in [0.25, 0.3) is 0 Å². The molecule has 0 aliphatic carbocycles. The zero-order valence-corrected chi connectivity index (χ0v) is 13.3. The Morgan fingerprint density at radius 3 is 2.05 bits per heavy atom. The smallest absolute Gasteiger partial charge is 0.411 e. The lowest BCUT2D eigenvalue weighted by molar-refractivity contribution is 0.156. The fraction of sp³-hybridized carbons (Fsp3) is 0.500. The summed E-state index contributed by atoms with van der Waals surface area (Å²) in [7, 11) is 1.31. The number of nitrogens with one attached hydrogen (secondary N) is 2. The van der Waals surface area contributed by atoms with E-state index in [-0.39, 0.29) is 6.03 Å². The molecule has 1 saturated heterocycles. The molecule has 1 aromatic rings. The lowest BCUT2D eigenvalue weighted by atomic mass is 9.92. The van der Waals surface area contributed by atoms with Crippen LogP contribution in [0.1, 0.15) is 20.3 Å². The Labute approximate surface area is 130 Å². The van der Waals surface area contributed by atoms with E-state index in [4.69, 9.17) is 0 Å². The quantitative estimate of drug-likeness (QED) is 0.880. The molecule has 120 valence electrons. The van der Waals surface area contributed by atoms with Crippen molar-refractivity contribution in [3.05, 3.63) is 24.3 Å². The van der Waals surface area contributed by atoms with Crippen molar-refractivity contribution in [3.63, 3.8) is 0 Å². The molecule has 1 heterocycles. The zero-order chi connectivity index (χ0) is 16.1. The number of anilines is 2. The number of amides is 3. The van der Waals surface area contributed by atoms with Crippen LogP contribution in [-0.2, 0) is 4.74 Å². The maximum Gasteiger partial charge on any atom is 0.411 e. The molecule has 1 aliphatic heterocycles. The summed E-state index contributed by atoms with van der Waals surface area (Å²) in [5, 5.41) is 5.45. The second kappa shape index (κ2) is 7.15. The van der Waals surface area contributed by atoms with Crippen LogP contribution in [0.5, 0.6) is 0 Å². The van der Waals surface area contributed by atoms with Crippen LogP contribution in [0.2, 0.25) is 0 Å². The van der Waals surface area contributed by atoms with Gasteiger partial charge < -0.3 is 15.0 Å². The molecule has 2 N–H and O–H groups in total. The first kappa shape index (κ1) is 16.1. The van der Waals surface area contributed by atoms with Crippen LogP contribution in [0.15, 0.2) is 24.3 Å². The summed E-state index contributed by atoms with van der Waals surface area (Å²) in [6, 6.07) is 6.86. The molecule has 1 aromatic carbocycles. The number of urea groups is 1. The molecule has 2 atom stereocenters. The van der Waals surface area contributed by atoms with E-state index in [2.05, 4.69) is 29.2 Å². The lowest BCUT2D eigenvalue weighted by Gasteiger charge is -2.34. The second-order valence-corrected chi connectivity index (χ2v) is 5.98. The van der Waals surface area contributed by atoms with Gasteiger partial charge in [-0.2, -0.15) is 0 Å². The van der Waals surface area contributed by atoms with Gasteiger partial charge >= 0.3 is 12.1 Å². The molecule has 0 saturated carbocycles. The number of nitrogens with zero attached hydrogens (tertiary/aromatic N) is 1. The average molecular weight is 305 g/mol. The highest BCUT2D eigenvalue weighted by molar-refractivity contribution is 5.90. The number of likely N-dealkylation sites (tertiary alicyclic amines) is 1. The predicted octanol–water partition coefficient (Wildman–Crippen LogP) is 3.37. The first-order valence-electron chi connectivity index (χ1n) is 7.49. The van der Waals surface area contributed by atoms with Crippen molar-refractivity contribution < 1.29 is 14.3 Å². The molecule has 6 heteroatoms. The van der Waals surface area contributed by atoms with Crippen molar-refractivity contribution in [2.75, 3.05) is 30.8 Å². The summed E-state index contributed by atoms with van der Waals surface area (Å²) >= 11 is 0. The fourth-order valence-corrected chi connectivity index (χ4v) is 2.84. The summed E-state index contributed by atoms with van der Waals surface area (Å²) in [5.74, 6) is 1.06. The number of methoxy groups -OCH3 is 1. The highest BCUT2D eigenvalue weighted by Crippen LogP contribution is 2.22. The Bertz CT molecular complexity index is 520. The third-order valence-electron chi connectivity index (χ3n) is 3.72. The Morgan fingerprint density at radius 1 is 1.05 bits per heavy atom. The van der Waals surface area contributed by atoms with Crippen LogP contribution in [0, 0.1) is 11.8 Å². The number of ether oxygens (including phenoxy) is 1. The minimum atomic E-state index is -0.520.